The first kappa shape index (κ1) is 27.5. The van der Waals surface area contributed by atoms with Crippen LogP contribution in [0.1, 0.15) is 58.1 Å². The molecule has 31 heavy (non-hydrogen) atoms. The first-order chi connectivity index (χ1) is 14.5. The van der Waals surface area contributed by atoms with Crippen molar-refractivity contribution in [2.75, 3.05) is 33.8 Å². The number of nitrogens with zero attached hydrogens (tertiary/aromatic N) is 2. The molecule has 0 radical (unpaired) electrons. The van der Waals surface area contributed by atoms with E-state index < -0.39 is 0 Å². The molecule has 0 aromatic heterocycles. The Kier molecular flexibility index (Phi) is 12.2. The molecule has 7 nitrogen and oxygen atoms in total. The summed E-state index contributed by atoms with van der Waals surface area (Å²) in [5.41, 5.74) is 1.27. The third-order valence-electron chi connectivity index (χ3n) is 6.26. The van der Waals surface area contributed by atoms with Gasteiger partial charge in [-0.2, -0.15) is 0 Å². The van der Waals surface area contributed by atoms with E-state index >= 15 is 0 Å². The molecule has 1 saturated heterocycles. The number of aliphatic imine (C=N–C) groups is 1. The van der Waals surface area contributed by atoms with E-state index in [1.165, 1.54) is 12.7 Å². The molecular formula is C23H40IN5O2. The number of amides is 1. The van der Waals surface area contributed by atoms with E-state index in [1.807, 2.05) is 0 Å². The molecule has 1 amide bonds. The second-order valence-electron chi connectivity index (χ2n) is 8.07. The van der Waals surface area contributed by atoms with Crippen molar-refractivity contribution in [1.82, 2.24) is 20.9 Å². The molecule has 2 rings (SSSR count). The number of piperidine rings is 1. The molecule has 1 aromatic carbocycles. The van der Waals surface area contributed by atoms with Crippen LogP contribution in [0.15, 0.2) is 35.3 Å². The van der Waals surface area contributed by atoms with Crippen LogP contribution < -0.4 is 16.0 Å². The molecule has 0 saturated carbocycles. The van der Waals surface area contributed by atoms with Gasteiger partial charge in [0.15, 0.2) is 5.96 Å². The van der Waals surface area contributed by atoms with Crippen LogP contribution >= 0.6 is 24.0 Å². The molecule has 1 fully saturated rings. The maximum Gasteiger partial charge on any atom is 0.409 e. The Morgan fingerprint density at radius 1 is 1.23 bits per heavy atom. The van der Waals surface area contributed by atoms with Crippen molar-refractivity contribution in [3.63, 3.8) is 0 Å². The minimum atomic E-state index is -0.245. The molecule has 0 bridgehead atoms. The van der Waals surface area contributed by atoms with Gasteiger partial charge in [-0.15, -0.1) is 24.0 Å². The fourth-order valence-corrected chi connectivity index (χ4v) is 4.02. The highest BCUT2D eigenvalue weighted by Gasteiger charge is 2.29. The van der Waals surface area contributed by atoms with Crippen molar-refractivity contribution < 1.29 is 9.53 Å². The van der Waals surface area contributed by atoms with Gasteiger partial charge in [-0.1, -0.05) is 44.2 Å². The summed E-state index contributed by atoms with van der Waals surface area (Å²) in [6.07, 6.45) is 3.55. The predicted octanol–water partition coefficient (Wildman–Crippen LogP) is 3.91. The van der Waals surface area contributed by atoms with Crippen LogP contribution in [-0.4, -0.2) is 62.3 Å². The van der Waals surface area contributed by atoms with Crippen LogP contribution in [0.4, 0.5) is 4.79 Å². The number of hydrogen-bond acceptors (Lipinski definition) is 4. The van der Waals surface area contributed by atoms with E-state index in [1.54, 1.807) is 11.9 Å². The lowest BCUT2D eigenvalue weighted by molar-refractivity contribution is 0.111. The Balaban J connectivity index is 0.00000480. The van der Waals surface area contributed by atoms with Gasteiger partial charge >= 0.3 is 6.09 Å². The number of ether oxygens (including phenoxy) is 1. The minimum Gasteiger partial charge on any atom is -0.453 e. The molecule has 0 aliphatic carbocycles. The number of methoxy groups -OCH3 is 1. The molecule has 8 heteroatoms. The molecule has 1 unspecified atom stereocenters. The van der Waals surface area contributed by atoms with Crippen molar-refractivity contribution in [2.45, 2.75) is 64.1 Å². The van der Waals surface area contributed by atoms with Gasteiger partial charge in [-0.3, -0.25) is 4.99 Å². The highest BCUT2D eigenvalue weighted by molar-refractivity contribution is 14.0. The molecule has 1 aliphatic rings. The van der Waals surface area contributed by atoms with Gasteiger partial charge in [0.1, 0.15) is 0 Å². The monoisotopic (exact) mass is 545 g/mol. The van der Waals surface area contributed by atoms with Crippen molar-refractivity contribution in [1.29, 1.82) is 0 Å². The molecule has 0 spiro atoms. The smallest absolute Gasteiger partial charge is 0.409 e. The highest BCUT2D eigenvalue weighted by atomic mass is 127. The summed E-state index contributed by atoms with van der Waals surface area (Å²) in [6, 6.07) is 11.1. The van der Waals surface area contributed by atoms with E-state index in [0.29, 0.717) is 19.1 Å². The zero-order chi connectivity index (χ0) is 22.0. The molecule has 176 valence electrons. The van der Waals surface area contributed by atoms with Crippen LogP contribution in [0.2, 0.25) is 0 Å². The molecular weight excluding hydrogens is 505 g/mol. The van der Waals surface area contributed by atoms with Gasteiger partial charge in [0.2, 0.25) is 0 Å². The summed E-state index contributed by atoms with van der Waals surface area (Å²) in [4.78, 5) is 17.8. The fraction of sp³-hybridized carbons (Fsp3) is 0.652. The Bertz CT molecular complexity index is 674. The second-order valence-corrected chi connectivity index (χ2v) is 8.07. The number of benzene rings is 1. The Morgan fingerprint density at radius 2 is 1.84 bits per heavy atom. The van der Waals surface area contributed by atoms with E-state index in [-0.39, 0.29) is 41.7 Å². The van der Waals surface area contributed by atoms with Crippen LogP contribution in [-0.2, 0) is 4.74 Å². The van der Waals surface area contributed by atoms with Gasteiger partial charge in [0.25, 0.3) is 0 Å². The summed E-state index contributed by atoms with van der Waals surface area (Å²) in [6.45, 7) is 8.87. The number of hydrogen-bond donors (Lipinski definition) is 3. The Morgan fingerprint density at radius 3 is 2.35 bits per heavy atom. The summed E-state index contributed by atoms with van der Waals surface area (Å²) in [7, 11) is 3.23. The largest absolute Gasteiger partial charge is 0.453 e. The summed E-state index contributed by atoms with van der Waals surface area (Å²) in [5, 5.41) is 10.9. The van der Waals surface area contributed by atoms with Crippen molar-refractivity contribution in [3.05, 3.63) is 35.9 Å². The Hall–Kier alpha value is -1.55. The third kappa shape index (κ3) is 8.14. The van der Waals surface area contributed by atoms with Crippen molar-refractivity contribution >= 4 is 36.0 Å². The molecule has 1 atom stereocenters. The SMILES string of the molecule is CCC(CC)(CNC(=NC)NC1CCN(C(=O)OC)CC1)NC(C)c1ccccc1.I. The number of carbonyl (C=O) groups excluding carboxylic acids is 1. The van der Waals surface area contributed by atoms with E-state index in [2.05, 4.69) is 72.0 Å². The van der Waals surface area contributed by atoms with Gasteiger partial charge in [-0.25, -0.2) is 4.79 Å². The number of halogens is 1. The lowest BCUT2D eigenvalue weighted by atomic mass is 9.90. The van der Waals surface area contributed by atoms with Crippen LogP contribution in [0.5, 0.6) is 0 Å². The maximum absolute atomic E-state index is 11.7. The third-order valence-corrected chi connectivity index (χ3v) is 6.26. The summed E-state index contributed by atoms with van der Waals surface area (Å²) >= 11 is 0. The first-order valence-corrected chi connectivity index (χ1v) is 11.1. The maximum atomic E-state index is 11.7. The first-order valence-electron chi connectivity index (χ1n) is 11.1. The predicted molar refractivity (Wildman–Crippen MR) is 138 cm³/mol. The van der Waals surface area contributed by atoms with E-state index in [0.717, 1.165) is 38.2 Å². The molecule has 1 heterocycles. The molecule has 1 aliphatic heterocycles. The van der Waals surface area contributed by atoms with Crippen molar-refractivity contribution in [2.24, 2.45) is 4.99 Å². The Labute approximate surface area is 204 Å². The number of likely N-dealkylation sites (tertiary alicyclic amines) is 1. The number of nitrogens with one attached hydrogen (secondary N) is 3. The van der Waals surface area contributed by atoms with Gasteiger partial charge in [-0.05, 0) is 38.2 Å². The number of carbonyl (C=O) groups is 1. The second kappa shape index (κ2) is 13.8. The topological polar surface area (TPSA) is 78.0 Å². The van der Waals surface area contributed by atoms with E-state index in [4.69, 9.17) is 4.74 Å². The van der Waals surface area contributed by atoms with Crippen molar-refractivity contribution in [3.8, 4) is 0 Å². The number of guanidine groups is 1. The quantitative estimate of drug-likeness (QED) is 0.263. The fourth-order valence-electron chi connectivity index (χ4n) is 4.02. The average Bonchev–Trinajstić information content (AvgIpc) is 2.81. The van der Waals surface area contributed by atoms with Crippen LogP contribution in [0, 0.1) is 0 Å². The lowest BCUT2D eigenvalue weighted by Crippen LogP contribution is -2.56. The standard InChI is InChI=1S/C23H39N5O2.HI/c1-6-23(7-2,27-18(3)19-11-9-8-10-12-19)17-25-21(24-4)26-20-13-15-28(16-14-20)22(29)30-5;/h8-12,18,20,27H,6-7,13-17H2,1-5H3,(H2,24,25,26);1H. The summed E-state index contributed by atoms with van der Waals surface area (Å²) in [5.74, 6) is 0.812. The van der Waals surface area contributed by atoms with E-state index in [9.17, 15) is 4.79 Å². The van der Waals surface area contributed by atoms with Crippen LogP contribution in [0.3, 0.4) is 0 Å². The molecule has 3 N–H and O–H groups in total. The minimum absolute atomic E-state index is 0. The van der Waals surface area contributed by atoms with Gasteiger partial charge < -0.3 is 25.6 Å². The highest BCUT2D eigenvalue weighted by Crippen LogP contribution is 2.21. The van der Waals surface area contributed by atoms with Gasteiger partial charge in [0, 0.05) is 44.3 Å². The zero-order valence-electron chi connectivity index (χ0n) is 19.6. The summed E-state index contributed by atoms with van der Waals surface area (Å²) < 4.78 is 4.82. The average molecular weight is 546 g/mol. The van der Waals surface area contributed by atoms with Crippen LogP contribution in [0.25, 0.3) is 0 Å². The van der Waals surface area contributed by atoms with Gasteiger partial charge in [0.05, 0.1) is 7.11 Å². The lowest BCUT2D eigenvalue weighted by Gasteiger charge is -2.37. The normalized spacial score (nSPS) is 16.3. The molecule has 1 aromatic rings. The zero-order valence-corrected chi connectivity index (χ0v) is 21.9. The number of rotatable bonds is 8.